The fourth-order valence-electron chi connectivity index (χ4n) is 1.56. The summed E-state index contributed by atoms with van der Waals surface area (Å²) in [5, 5.41) is 5.92. The monoisotopic (exact) mass is 263 g/mol. The molecule has 5 nitrogen and oxygen atoms in total. The number of amides is 1. The molecule has 1 fully saturated rings. The summed E-state index contributed by atoms with van der Waals surface area (Å²) in [4.78, 5) is 15.7. The van der Waals surface area contributed by atoms with E-state index in [1.807, 2.05) is 26.8 Å². The molecule has 1 heterocycles. The van der Waals surface area contributed by atoms with E-state index in [1.165, 1.54) is 12.8 Å². The summed E-state index contributed by atoms with van der Waals surface area (Å²) in [6.07, 6.45) is 3.87. The lowest BCUT2D eigenvalue weighted by atomic mass is 10.2. The Bertz CT molecular complexity index is 433. The van der Waals surface area contributed by atoms with Crippen LogP contribution in [0.15, 0.2) is 18.3 Å². The molecule has 1 aromatic rings. The van der Waals surface area contributed by atoms with E-state index in [9.17, 15) is 4.79 Å². The summed E-state index contributed by atoms with van der Waals surface area (Å²) in [5.41, 5.74) is 0.470. The van der Waals surface area contributed by atoms with Crippen LogP contribution in [0.3, 0.4) is 0 Å². The van der Waals surface area contributed by atoms with Gasteiger partial charge in [-0.3, -0.25) is 5.32 Å². The van der Waals surface area contributed by atoms with Crippen molar-refractivity contribution in [2.24, 2.45) is 5.92 Å². The number of nitrogens with one attached hydrogen (secondary N) is 2. The van der Waals surface area contributed by atoms with Gasteiger partial charge in [0.2, 0.25) is 0 Å². The Morgan fingerprint density at radius 2 is 2.16 bits per heavy atom. The van der Waals surface area contributed by atoms with Crippen molar-refractivity contribution < 1.29 is 9.53 Å². The molecular formula is C14H21N3O2. The van der Waals surface area contributed by atoms with Gasteiger partial charge >= 0.3 is 6.09 Å². The van der Waals surface area contributed by atoms with E-state index in [4.69, 9.17) is 4.74 Å². The molecule has 1 aromatic heterocycles. The summed E-state index contributed by atoms with van der Waals surface area (Å²) >= 11 is 0. The van der Waals surface area contributed by atoms with E-state index in [2.05, 4.69) is 15.6 Å². The summed E-state index contributed by atoms with van der Waals surface area (Å²) in [7, 11) is 0. The molecule has 0 unspecified atom stereocenters. The van der Waals surface area contributed by atoms with Crippen LogP contribution in [-0.2, 0) is 4.74 Å². The molecule has 2 N–H and O–H groups in total. The maximum atomic E-state index is 11.5. The van der Waals surface area contributed by atoms with Crippen LogP contribution in [0.2, 0.25) is 0 Å². The van der Waals surface area contributed by atoms with E-state index in [0.717, 1.165) is 18.2 Å². The largest absolute Gasteiger partial charge is 0.444 e. The van der Waals surface area contributed by atoms with Gasteiger partial charge in [0.05, 0.1) is 11.9 Å². The highest BCUT2D eigenvalue weighted by atomic mass is 16.6. The third-order valence-electron chi connectivity index (χ3n) is 2.68. The maximum Gasteiger partial charge on any atom is 0.413 e. The predicted octanol–water partition coefficient (Wildman–Crippen LogP) is 3.25. The Morgan fingerprint density at radius 3 is 2.68 bits per heavy atom. The summed E-state index contributed by atoms with van der Waals surface area (Å²) in [6.45, 7) is 6.47. The van der Waals surface area contributed by atoms with Crippen molar-refractivity contribution in [2.75, 3.05) is 17.2 Å². The summed E-state index contributed by atoms with van der Waals surface area (Å²) < 4.78 is 5.15. The van der Waals surface area contributed by atoms with Crippen LogP contribution in [0, 0.1) is 5.92 Å². The van der Waals surface area contributed by atoms with Gasteiger partial charge in [-0.25, -0.2) is 9.78 Å². The van der Waals surface area contributed by atoms with Gasteiger partial charge in [0.15, 0.2) is 0 Å². The first kappa shape index (κ1) is 13.6. The topological polar surface area (TPSA) is 63.2 Å². The van der Waals surface area contributed by atoms with E-state index >= 15 is 0 Å². The lowest BCUT2D eigenvalue weighted by Gasteiger charge is -2.19. The van der Waals surface area contributed by atoms with Crippen molar-refractivity contribution in [1.82, 2.24) is 4.98 Å². The molecule has 0 saturated heterocycles. The van der Waals surface area contributed by atoms with Crippen molar-refractivity contribution >= 4 is 17.6 Å². The van der Waals surface area contributed by atoms with Crippen LogP contribution in [0.5, 0.6) is 0 Å². The zero-order valence-electron chi connectivity index (χ0n) is 11.7. The van der Waals surface area contributed by atoms with Gasteiger partial charge in [0.1, 0.15) is 11.4 Å². The van der Waals surface area contributed by atoms with E-state index in [1.54, 1.807) is 12.3 Å². The maximum absolute atomic E-state index is 11.5. The van der Waals surface area contributed by atoms with Gasteiger partial charge in [-0.1, -0.05) is 0 Å². The number of anilines is 2. The molecule has 1 saturated carbocycles. The minimum absolute atomic E-state index is 0.487. The Balaban J connectivity index is 1.81. The van der Waals surface area contributed by atoms with E-state index in [0.29, 0.717) is 5.82 Å². The molecule has 19 heavy (non-hydrogen) atoms. The van der Waals surface area contributed by atoms with Gasteiger partial charge in [0, 0.05) is 6.54 Å². The highest BCUT2D eigenvalue weighted by molar-refractivity contribution is 5.83. The van der Waals surface area contributed by atoms with Crippen molar-refractivity contribution in [1.29, 1.82) is 0 Å². The van der Waals surface area contributed by atoms with Crippen LogP contribution in [-0.4, -0.2) is 23.2 Å². The number of carbonyl (C=O) groups excluding carboxylic acids is 1. The fraction of sp³-hybridized carbons (Fsp3) is 0.571. The third-order valence-corrected chi connectivity index (χ3v) is 2.68. The fourth-order valence-corrected chi connectivity index (χ4v) is 1.56. The second kappa shape index (κ2) is 5.47. The molecule has 5 heteroatoms. The van der Waals surface area contributed by atoms with Gasteiger partial charge in [0.25, 0.3) is 0 Å². The molecule has 1 aliphatic carbocycles. The number of ether oxygens (including phenoxy) is 1. The van der Waals surface area contributed by atoms with Crippen molar-refractivity contribution in [2.45, 2.75) is 39.2 Å². The standard InChI is InChI=1S/C14H21N3O2/c1-14(2,3)19-13(18)17-12-7-6-11(9-16-12)15-8-10-4-5-10/h6-7,9-10,15H,4-5,8H2,1-3H3,(H,16,17,18). The minimum atomic E-state index is -0.504. The minimum Gasteiger partial charge on any atom is -0.444 e. The van der Waals surface area contributed by atoms with Crippen molar-refractivity contribution in [3.8, 4) is 0 Å². The quantitative estimate of drug-likeness (QED) is 0.875. The molecule has 0 bridgehead atoms. The molecule has 1 amide bonds. The predicted molar refractivity (Wildman–Crippen MR) is 75.3 cm³/mol. The molecule has 104 valence electrons. The van der Waals surface area contributed by atoms with E-state index in [-0.39, 0.29) is 0 Å². The highest BCUT2D eigenvalue weighted by Crippen LogP contribution is 2.28. The van der Waals surface area contributed by atoms with Crippen LogP contribution in [0.4, 0.5) is 16.3 Å². The first-order chi connectivity index (χ1) is 8.92. The average molecular weight is 263 g/mol. The molecule has 0 spiro atoms. The van der Waals surface area contributed by atoms with Crippen LogP contribution in [0.25, 0.3) is 0 Å². The highest BCUT2D eigenvalue weighted by Gasteiger charge is 2.20. The van der Waals surface area contributed by atoms with Crippen LogP contribution in [0.1, 0.15) is 33.6 Å². The zero-order chi connectivity index (χ0) is 13.9. The lowest BCUT2D eigenvalue weighted by Crippen LogP contribution is -2.27. The SMILES string of the molecule is CC(C)(C)OC(=O)Nc1ccc(NCC2CC2)cn1. The number of nitrogens with zero attached hydrogens (tertiary/aromatic N) is 1. The number of aromatic nitrogens is 1. The molecular weight excluding hydrogens is 242 g/mol. The number of hydrogen-bond acceptors (Lipinski definition) is 4. The van der Waals surface area contributed by atoms with Gasteiger partial charge in [-0.2, -0.15) is 0 Å². The first-order valence-corrected chi connectivity index (χ1v) is 6.62. The Kier molecular flexibility index (Phi) is 3.93. The molecule has 0 aromatic carbocycles. The number of rotatable bonds is 4. The molecule has 0 aliphatic heterocycles. The molecule has 1 aliphatic rings. The third kappa shape index (κ3) is 5.16. The number of pyridine rings is 1. The number of hydrogen-bond donors (Lipinski definition) is 2. The zero-order valence-corrected chi connectivity index (χ0v) is 11.7. The Labute approximate surface area is 113 Å². The second-order valence-corrected chi connectivity index (χ2v) is 5.88. The Hall–Kier alpha value is -1.78. The second-order valence-electron chi connectivity index (χ2n) is 5.88. The van der Waals surface area contributed by atoms with Crippen molar-refractivity contribution in [3.05, 3.63) is 18.3 Å². The molecule has 0 atom stereocenters. The van der Waals surface area contributed by atoms with Crippen LogP contribution >= 0.6 is 0 Å². The molecule has 2 rings (SSSR count). The van der Waals surface area contributed by atoms with Crippen molar-refractivity contribution in [3.63, 3.8) is 0 Å². The smallest absolute Gasteiger partial charge is 0.413 e. The van der Waals surface area contributed by atoms with Crippen LogP contribution < -0.4 is 10.6 Å². The first-order valence-electron chi connectivity index (χ1n) is 6.62. The van der Waals surface area contributed by atoms with Gasteiger partial charge in [-0.15, -0.1) is 0 Å². The normalized spacial score (nSPS) is 14.9. The number of carbonyl (C=O) groups is 1. The lowest BCUT2D eigenvalue weighted by molar-refractivity contribution is 0.0635. The Morgan fingerprint density at radius 1 is 1.42 bits per heavy atom. The van der Waals surface area contributed by atoms with Gasteiger partial charge in [-0.05, 0) is 51.7 Å². The van der Waals surface area contributed by atoms with E-state index < -0.39 is 11.7 Å². The average Bonchev–Trinajstić information content (AvgIpc) is 3.09. The summed E-state index contributed by atoms with van der Waals surface area (Å²) in [5.74, 6) is 1.31. The van der Waals surface area contributed by atoms with Gasteiger partial charge < -0.3 is 10.1 Å². The molecule has 0 radical (unpaired) electrons. The summed E-state index contributed by atoms with van der Waals surface area (Å²) in [6, 6.07) is 3.67.